The number of ether oxygens (including phenoxy) is 3. The topological polar surface area (TPSA) is 94.2 Å². The van der Waals surface area contributed by atoms with Gasteiger partial charge in [-0.05, 0) is 30.3 Å². The lowest BCUT2D eigenvalue weighted by molar-refractivity contribution is -0.120. The van der Waals surface area contributed by atoms with E-state index in [1.807, 2.05) is 0 Å². The van der Waals surface area contributed by atoms with Gasteiger partial charge in [-0.3, -0.25) is 9.59 Å². The smallest absolute Gasteiger partial charge is 0.337 e. The molecule has 148 valence electrons. The fourth-order valence-electron chi connectivity index (χ4n) is 2.56. The Morgan fingerprint density at radius 2 is 1.68 bits per heavy atom. The molecule has 0 radical (unpaired) electrons. The Morgan fingerprint density at radius 3 is 2.29 bits per heavy atom. The predicted molar refractivity (Wildman–Crippen MR) is 104 cm³/mol. The molecule has 2 aromatic rings. The molecule has 2 rings (SSSR count). The molecule has 8 nitrogen and oxygen atoms in total. The van der Waals surface area contributed by atoms with E-state index in [4.69, 9.17) is 9.47 Å². The lowest BCUT2D eigenvalue weighted by Gasteiger charge is -2.22. The molecule has 0 aliphatic carbocycles. The summed E-state index contributed by atoms with van der Waals surface area (Å²) < 4.78 is 15.1. The van der Waals surface area contributed by atoms with Crippen LogP contribution in [0.4, 0.5) is 11.4 Å². The van der Waals surface area contributed by atoms with Crippen molar-refractivity contribution in [1.29, 1.82) is 0 Å². The van der Waals surface area contributed by atoms with Gasteiger partial charge in [-0.15, -0.1) is 0 Å². The van der Waals surface area contributed by atoms with Crippen molar-refractivity contribution in [3.63, 3.8) is 0 Å². The Bertz CT molecular complexity index is 881. The fourth-order valence-corrected chi connectivity index (χ4v) is 2.56. The molecule has 8 heteroatoms. The van der Waals surface area contributed by atoms with Crippen LogP contribution in [0.2, 0.25) is 0 Å². The van der Waals surface area contributed by atoms with Gasteiger partial charge in [-0.25, -0.2) is 4.79 Å². The van der Waals surface area contributed by atoms with E-state index in [1.165, 1.54) is 39.2 Å². The lowest BCUT2D eigenvalue weighted by Crippen LogP contribution is -2.36. The van der Waals surface area contributed by atoms with Crippen molar-refractivity contribution in [1.82, 2.24) is 0 Å². The highest BCUT2D eigenvalue weighted by molar-refractivity contribution is 6.02. The number of amides is 2. The van der Waals surface area contributed by atoms with Crippen LogP contribution >= 0.6 is 0 Å². The zero-order valence-corrected chi connectivity index (χ0v) is 16.1. The maximum atomic E-state index is 12.5. The number of carbonyl (C=O) groups is 3. The number of hydrogen-bond donors (Lipinski definition) is 1. The van der Waals surface area contributed by atoms with E-state index in [2.05, 4.69) is 10.1 Å². The summed E-state index contributed by atoms with van der Waals surface area (Å²) in [6.07, 6.45) is 0. The van der Waals surface area contributed by atoms with E-state index < -0.39 is 11.9 Å². The van der Waals surface area contributed by atoms with Gasteiger partial charge in [0.15, 0.2) is 11.5 Å². The number of rotatable bonds is 7. The molecule has 0 fully saturated rings. The summed E-state index contributed by atoms with van der Waals surface area (Å²) in [5, 5.41) is 2.67. The van der Waals surface area contributed by atoms with Crippen LogP contribution in [0.15, 0.2) is 42.5 Å². The molecule has 0 atom stereocenters. The van der Waals surface area contributed by atoms with Crippen LogP contribution in [0.3, 0.4) is 0 Å². The highest BCUT2D eigenvalue weighted by atomic mass is 16.5. The van der Waals surface area contributed by atoms with Crippen molar-refractivity contribution >= 4 is 29.2 Å². The van der Waals surface area contributed by atoms with E-state index in [-0.39, 0.29) is 12.5 Å². The van der Waals surface area contributed by atoms with Crippen LogP contribution in [0.1, 0.15) is 17.3 Å². The second-order valence-electron chi connectivity index (χ2n) is 5.77. The molecular weight excluding hydrogens is 364 g/mol. The molecule has 0 heterocycles. The number of esters is 1. The SMILES string of the molecule is COC(=O)c1cccc(NC(=O)CN(C(C)=O)c2ccc(OC)c(OC)c2)c1. The third-order valence-corrected chi connectivity index (χ3v) is 3.93. The van der Waals surface area contributed by atoms with Crippen LogP contribution in [-0.4, -0.2) is 45.7 Å². The van der Waals surface area contributed by atoms with Crippen molar-refractivity contribution < 1.29 is 28.6 Å². The van der Waals surface area contributed by atoms with Gasteiger partial charge in [0.2, 0.25) is 11.8 Å². The minimum atomic E-state index is -0.508. The highest BCUT2D eigenvalue weighted by Crippen LogP contribution is 2.31. The molecule has 0 bridgehead atoms. The Labute approximate surface area is 163 Å². The molecule has 28 heavy (non-hydrogen) atoms. The zero-order chi connectivity index (χ0) is 20.7. The summed E-state index contributed by atoms with van der Waals surface area (Å²) in [5.41, 5.74) is 1.22. The van der Waals surface area contributed by atoms with Crippen molar-refractivity contribution in [2.45, 2.75) is 6.92 Å². The highest BCUT2D eigenvalue weighted by Gasteiger charge is 2.18. The molecule has 0 aromatic heterocycles. The summed E-state index contributed by atoms with van der Waals surface area (Å²) in [7, 11) is 4.28. The summed E-state index contributed by atoms with van der Waals surface area (Å²) in [6, 6.07) is 11.3. The van der Waals surface area contributed by atoms with Gasteiger partial charge in [0.1, 0.15) is 6.54 Å². The first kappa shape index (κ1) is 20.8. The predicted octanol–water partition coefficient (Wildman–Crippen LogP) is 2.48. The number of methoxy groups -OCH3 is 3. The standard InChI is InChI=1S/C20H22N2O6/c1-13(23)22(16-8-9-17(26-2)18(11-16)27-3)12-19(24)21-15-7-5-6-14(10-15)20(25)28-4/h5-11H,12H2,1-4H3,(H,21,24). The maximum absolute atomic E-state index is 12.5. The molecular formula is C20H22N2O6. The Balaban J connectivity index is 2.18. The first-order valence-electron chi connectivity index (χ1n) is 8.38. The van der Waals surface area contributed by atoms with Crippen LogP contribution in [0, 0.1) is 0 Å². The molecule has 2 amide bonds. The average molecular weight is 386 g/mol. The first-order chi connectivity index (χ1) is 13.4. The van der Waals surface area contributed by atoms with Gasteiger partial charge in [0, 0.05) is 24.4 Å². The molecule has 0 unspecified atom stereocenters. The van der Waals surface area contributed by atoms with Crippen LogP contribution in [0.25, 0.3) is 0 Å². The van der Waals surface area contributed by atoms with Crippen molar-refractivity contribution in [2.24, 2.45) is 0 Å². The number of nitrogens with one attached hydrogen (secondary N) is 1. The fraction of sp³-hybridized carbons (Fsp3) is 0.250. The normalized spacial score (nSPS) is 10.0. The van der Waals surface area contributed by atoms with Gasteiger partial charge in [0.25, 0.3) is 0 Å². The Hall–Kier alpha value is -3.55. The van der Waals surface area contributed by atoms with E-state index >= 15 is 0 Å². The molecule has 0 spiro atoms. The molecule has 0 aliphatic rings. The monoisotopic (exact) mass is 386 g/mol. The van der Waals surface area contributed by atoms with E-state index in [0.717, 1.165) is 0 Å². The first-order valence-corrected chi connectivity index (χ1v) is 8.38. The number of carbonyl (C=O) groups excluding carboxylic acids is 3. The largest absolute Gasteiger partial charge is 0.493 e. The number of benzene rings is 2. The second-order valence-corrected chi connectivity index (χ2v) is 5.77. The summed E-state index contributed by atoms with van der Waals surface area (Å²) in [5.74, 6) is -0.291. The van der Waals surface area contributed by atoms with Gasteiger partial charge in [-0.1, -0.05) is 6.07 Å². The summed E-state index contributed by atoms with van der Waals surface area (Å²) in [6.45, 7) is 1.15. The molecule has 2 aromatic carbocycles. The third kappa shape index (κ3) is 5.00. The number of hydrogen-bond acceptors (Lipinski definition) is 6. The number of anilines is 2. The van der Waals surface area contributed by atoms with E-state index in [0.29, 0.717) is 28.4 Å². The van der Waals surface area contributed by atoms with Crippen molar-refractivity contribution in [3.05, 3.63) is 48.0 Å². The Morgan fingerprint density at radius 1 is 0.964 bits per heavy atom. The minimum absolute atomic E-state index is 0.215. The van der Waals surface area contributed by atoms with Gasteiger partial charge in [-0.2, -0.15) is 0 Å². The molecule has 0 saturated carbocycles. The van der Waals surface area contributed by atoms with Crippen molar-refractivity contribution in [2.75, 3.05) is 38.1 Å². The van der Waals surface area contributed by atoms with Crippen molar-refractivity contribution in [3.8, 4) is 11.5 Å². The van der Waals surface area contributed by atoms with Gasteiger partial charge in [0.05, 0.1) is 26.9 Å². The molecule has 1 N–H and O–H groups in total. The summed E-state index contributed by atoms with van der Waals surface area (Å²) >= 11 is 0. The minimum Gasteiger partial charge on any atom is -0.493 e. The van der Waals surface area contributed by atoms with Gasteiger partial charge >= 0.3 is 5.97 Å². The van der Waals surface area contributed by atoms with Crippen LogP contribution in [0.5, 0.6) is 11.5 Å². The molecule has 0 aliphatic heterocycles. The quantitative estimate of drug-likeness (QED) is 0.735. The Kier molecular flexibility index (Phi) is 6.97. The zero-order valence-electron chi connectivity index (χ0n) is 16.1. The van der Waals surface area contributed by atoms with Crippen LogP contribution in [-0.2, 0) is 14.3 Å². The van der Waals surface area contributed by atoms with Gasteiger partial charge < -0.3 is 24.4 Å². The lowest BCUT2D eigenvalue weighted by atomic mass is 10.2. The number of nitrogens with zero attached hydrogens (tertiary/aromatic N) is 1. The van der Waals surface area contributed by atoms with E-state index in [1.54, 1.807) is 36.4 Å². The van der Waals surface area contributed by atoms with Crippen LogP contribution < -0.4 is 19.7 Å². The average Bonchev–Trinajstić information content (AvgIpc) is 2.70. The van der Waals surface area contributed by atoms with E-state index in [9.17, 15) is 14.4 Å². The third-order valence-electron chi connectivity index (χ3n) is 3.93. The maximum Gasteiger partial charge on any atom is 0.337 e. The molecule has 0 saturated heterocycles. The second kappa shape index (κ2) is 9.40. The summed E-state index contributed by atoms with van der Waals surface area (Å²) in [4.78, 5) is 37.4.